The van der Waals surface area contributed by atoms with Crippen molar-refractivity contribution in [3.63, 3.8) is 0 Å². The Morgan fingerprint density at radius 3 is 0.851 bits per heavy atom. The highest BCUT2D eigenvalue weighted by Crippen LogP contribution is 2.45. The zero-order chi connectivity index (χ0) is 93.5. The molecule has 27 aromatic rings. The number of furan rings is 3. The van der Waals surface area contributed by atoms with Gasteiger partial charge in [-0.05, 0) is 132 Å². The van der Waals surface area contributed by atoms with Crippen LogP contribution in [0.2, 0.25) is 0 Å². The molecule has 0 aliphatic rings. The van der Waals surface area contributed by atoms with Gasteiger partial charge in [0.25, 0.3) is 0 Å². The van der Waals surface area contributed by atoms with Crippen LogP contribution in [0.1, 0.15) is 0 Å². The molecule has 0 aliphatic carbocycles. The quantitative estimate of drug-likeness (QED) is 0.0940. The van der Waals surface area contributed by atoms with Crippen molar-refractivity contribution in [2.75, 3.05) is 0 Å². The van der Waals surface area contributed by atoms with Gasteiger partial charge in [-0.1, -0.05) is 394 Å². The van der Waals surface area contributed by atoms with E-state index in [0.717, 1.165) is 199 Å². The molecule has 0 saturated carbocycles. The molecule has 18 aromatic carbocycles. The molecule has 0 aliphatic heterocycles. The van der Waals surface area contributed by atoms with Gasteiger partial charge in [0.15, 0.2) is 63.6 Å². The molecule has 660 valence electrons. The molecule has 0 saturated heterocycles. The van der Waals surface area contributed by atoms with E-state index in [0.29, 0.717) is 58.1 Å². The van der Waals surface area contributed by atoms with Gasteiger partial charge in [-0.2, -0.15) is 0 Å². The van der Waals surface area contributed by atoms with Gasteiger partial charge in [-0.15, -0.1) is 0 Å². The maximum Gasteiger partial charge on any atom is 0.227 e. The minimum atomic E-state index is 0.611. The van der Waals surface area contributed by atoms with Crippen molar-refractivity contribution in [2.24, 2.45) is 0 Å². The first-order valence-corrected chi connectivity index (χ1v) is 46.6. The Labute approximate surface area is 809 Å². The SMILES string of the molecule is c1ccc(-c2cccc(-c3nc(-c4ccccc4)nc(-c4ccc(-c5cccc6oc7nc8ccccc8cc7c56)cc4)n3)c2)cc1.c1ccc(-c2cccc(-c3nc(-c4ccccc4)nc(-c4ccc(-c5cncc6oc7cc8ccccc8cc7c56)cc4)n3)c2)cc1.c1ccc(-c2nc(-c3ccc(-c4cncc5oc6cc7ccccc7cc6c45)cc3)nc(-c3ccccc3-c3ccccc3)n2)cc1. The summed E-state index contributed by atoms with van der Waals surface area (Å²) < 4.78 is 18.8. The van der Waals surface area contributed by atoms with Crippen molar-refractivity contribution < 1.29 is 13.3 Å². The lowest BCUT2D eigenvalue weighted by Crippen LogP contribution is -2.01. The summed E-state index contributed by atoms with van der Waals surface area (Å²) in [6.07, 6.45) is 7.41. The zero-order valence-electron chi connectivity index (χ0n) is 75.6. The van der Waals surface area contributed by atoms with Gasteiger partial charge in [0, 0.05) is 111 Å². The fraction of sp³-hybridized carbons (Fsp3) is 0. The van der Waals surface area contributed by atoms with Crippen molar-refractivity contribution >= 4 is 98.4 Å². The van der Waals surface area contributed by atoms with E-state index in [-0.39, 0.29) is 0 Å². The average molecular weight is 1810 g/mol. The van der Waals surface area contributed by atoms with Crippen LogP contribution in [0.5, 0.6) is 0 Å². The molecule has 0 spiro atoms. The summed E-state index contributed by atoms with van der Waals surface area (Å²) in [5, 5.41) is 12.1. The van der Waals surface area contributed by atoms with Crippen LogP contribution in [0, 0.1) is 0 Å². The maximum absolute atomic E-state index is 6.28. The predicted octanol–water partition coefficient (Wildman–Crippen LogP) is 32.0. The Balaban J connectivity index is 0.000000111. The van der Waals surface area contributed by atoms with E-state index in [2.05, 4.69) is 271 Å². The summed E-state index contributed by atoms with van der Waals surface area (Å²) in [4.78, 5) is 58.6. The third kappa shape index (κ3) is 16.5. The molecule has 0 bridgehead atoms. The van der Waals surface area contributed by atoms with Crippen LogP contribution in [0.4, 0.5) is 0 Å². The van der Waals surface area contributed by atoms with Crippen LogP contribution in [-0.4, -0.2) is 59.8 Å². The molecule has 15 heteroatoms. The van der Waals surface area contributed by atoms with Crippen LogP contribution in [-0.2, 0) is 0 Å². The largest absolute Gasteiger partial charge is 0.454 e. The summed E-state index contributed by atoms with van der Waals surface area (Å²) in [5.74, 6) is 5.62. The summed E-state index contributed by atoms with van der Waals surface area (Å²) in [6.45, 7) is 0. The molecule has 0 N–H and O–H groups in total. The Bertz CT molecular complexity index is 9040. The number of hydrogen-bond donors (Lipinski definition) is 0. The number of para-hydroxylation sites is 1. The molecule has 27 rings (SSSR count). The van der Waals surface area contributed by atoms with E-state index in [4.69, 9.17) is 63.1 Å². The monoisotopic (exact) mass is 1810 g/mol. The van der Waals surface area contributed by atoms with Crippen LogP contribution >= 0.6 is 0 Å². The Hall–Kier alpha value is -19.4. The van der Waals surface area contributed by atoms with Crippen molar-refractivity contribution in [3.8, 4) is 169 Å². The Morgan fingerprint density at radius 1 is 0.142 bits per heavy atom. The molecule has 15 nitrogen and oxygen atoms in total. The van der Waals surface area contributed by atoms with E-state index in [1.807, 2.05) is 200 Å². The van der Waals surface area contributed by atoms with E-state index in [1.165, 1.54) is 10.8 Å². The molecule has 0 fully saturated rings. The van der Waals surface area contributed by atoms with Gasteiger partial charge in [-0.3, -0.25) is 9.97 Å². The first kappa shape index (κ1) is 83.4. The number of pyridine rings is 3. The molecule has 9 aromatic heterocycles. The molecule has 0 radical (unpaired) electrons. The lowest BCUT2D eigenvalue weighted by atomic mass is 9.98. The summed E-state index contributed by atoms with van der Waals surface area (Å²) >= 11 is 0. The van der Waals surface area contributed by atoms with Gasteiger partial charge >= 0.3 is 0 Å². The van der Waals surface area contributed by atoms with E-state index < -0.39 is 0 Å². The highest BCUT2D eigenvalue weighted by molar-refractivity contribution is 6.18. The van der Waals surface area contributed by atoms with Gasteiger partial charge < -0.3 is 13.3 Å². The first-order chi connectivity index (χ1) is 69.8. The van der Waals surface area contributed by atoms with Crippen LogP contribution in [0.15, 0.2) is 487 Å². The summed E-state index contributed by atoms with van der Waals surface area (Å²) in [6, 6.07) is 153. The number of benzene rings is 18. The molecular weight excluding hydrogens is 1730 g/mol. The number of rotatable bonds is 15. The summed E-state index contributed by atoms with van der Waals surface area (Å²) in [5.41, 5.74) is 26.9. The molecule has 0 amide bonds. The third-order valence-electron chi connectivity index (χ3n) is 25.8. The Morgan fingerprint density at radius 2 is 0.426 bits per heavy atom. The zero-order valence-corrected chi connectivity index (χ0v) is 75.6. The van der Waals surface area contributed by atoms with Gasteiger partial charge in [0.2, 0.25) is 5.71 Å². The van der Waals surface area contributed by atoms with Crippen molar-refractivity contribution in [3.05, 3.63) is 474 Å². The molecular formula is C126H78N12O3. The van der Waals surface area contributed by atoms with Crippen LogP contribution < -0.4 is 0 Å². The van der Waals surface area contributed by atoms with Crippen molar-refractivity contribution in [1.29, 1.82) is 0 Å². The molecule has 0 unspecified atom stereocenters. The van der Waals surface area contributed by atoms with Crippen LogP contribution in [0.3, 0.4) is 0 Å². The fourth-order valence-corrected chi connectivity index (χ4v) is 18.8. The number of hydrogen-bond acceptors (Lipinski definition) is 15. The minimum Gasteiger partial charge on any atom is -0.454 e. The second kappa shape index (κ2) is 36.4. The fourth-order valence-electron chi connectivity index (χ4n) is 18.8. The highest BCUT2D eigenvalue weighted by Gasteiger charge is 2.24. The maximum atomic E-state index is 6.28. The topological polar surface area (TPSA) is 194 Å². The van der Waals surface area contributed by atoms with Crippen molar-refractivity contribution in [1.82, 2.24) is 59.8 Å². The molecule has 9 heterocycles. The van der Waals surface area contributed by atoms with E-state index in [9.17, 15) is 0 Å². The molecule has 0 atom stereocenters. The lowest BCUT2D eigenvalue weighted by molar-refractivity contribution is 0.656. The number of nitrogens with zero attached hydrogens (tertiary/aromatic N) is 12. The normalized spacial score (nSPS) is 11.4. The summed E-state index contributed by atoms with van der Waals surface area (Å²) in [7, 11) is 0. The van der Waals surface area contributed by atoms with E-state index in [1.54, 1.807) is 12.4 Å². The van der Waals surface area contributed by atoms with E-state index >= 15 is 0 Å². The lowest BCUT2D eigenvalue weighted by Gasteiger charge is -2.12. The second-order valence-corrected chi connectivity index (χ2v) is 34.6. The minimum absolute atomic E-state index is 0.611. The number of fused-ring (bicyclic) bond motifs is 12. The van der Waals surface area contributed by atoms with Crippen molar-refractivity contribution in [2.45, 2.75) is 0 Å². The Kier molecular flexibility index (Phi) is 21.6. The molecule has 141 heavy (non-hydrogen) atoms. The third-order valence-corrected chi connectivity index (χ3v) is 25.8. The second-order valence-electron chi connectivity index (χ2n) is 34.6. The number of aromatic nitrogens is 12. The standard InChI is InChI=1S/3C42H26N4O/c1-3-11-27(12-4-1)31-16-9-17-33(25-31)41-45-39(29-13-5-2-6-14-29)44-40(46-41)30-23-21-28(22-24-30)34-18-10-20-37-38(34)35-26-32-15-7-8-19-36(32)43-42(35)47-37;1-3-11-27(12-4-1)33-17-9-10-18-34(33)42-45-40(29-13-5-2-6-14-29)44-41(46-42)30-21-19-28(20-22-30)36-25-43-26-38-39(36)35-23-31-15-7-8-16-32(31)24-37(35)47-38;1-3-10-27(11-4-1)31-16-9-17-34(22-31)42-45-40(29-12-5-2-6-13-29)44-41(46-42)30-20-18-28(19-21-30)36-25-43-26-38-39(36)35-23-32-14-7-8-15-33(32)24-37(35)47-38/h3*1-26H. The van der Waals surface area contributed by atoms with Gasteiger partial charge in [-0.25, -0.2) is 49.8 Å². The highest BCUT2D eigenvalue weighted by atomic mass is 16.3. The average Bonchev–Trinajstić information content (AvgIpc) is 1.61. The van der Waals surface area contributed by atoms with Crippen LogP contribution in [0.25, 0.3) is 268 Å². The van der Waals surface area contributed by atoms with Gasteiger partial charge in [0.1, 0.15) is 16.7 Å². The predicted molar refractivity (Wildman–Crippen MR) is 569 cm³/mol. The smallest absolute Gasteiger partial charge is 0.227 e. The van der Waals surface area contributed by atoms with Gasteiger partial charge in [0.05, 0.1) is 17.9 Å². The first-order valence-electron chi connectivity index (χ1n) is 46.6.